The average molecular weight is 436 g/mol. The van der Waals surface area contributed by atoms with E-state index >= 15 is 0 Å². The number of amides is 2. The second kappa shape index (κ2) is 8.67. The monoisotopic (exact) mass is 435 g/mol. The van der Waals surface area contributed by atoms with Gasteiger partial charge in [-0.2, -0.15) is 0 Å². The SMILES string of the molecule is COc1ccc(OC)c(N2C(=O)C(c3ccc(C)c(C)c3)=C(N3CCN(C)CC3)C2=O)c1. The summed E-state index contributed by atoms with van der Waals surface area (Å²) < 4.78 is 10.8. The van der Waals surface area contributed by atoms with E-state index in [1.165, 1.54) is 12.0 Å². The summed E-state index contributed by atoms with van der Waals surface area (Å²) in [5.41, 5.74) is 4.24. The van der Waals surface area contributed by atoms with E-state index in [-0.39, 0.29) is 11.8 Å². The number of likely N-dealkylation sites (N-methyl/N-ethyl adjacent to an activating group) is 1. The molecule has 0 atom stereocenters. The Balaban J connectivity index is 1.86. The third-order valence-electron chi connectivity index (χ3n) is 6.30. The first-order valence-electron chi connectivity index (χ1n) is 10.7. The van der Waals surface area contributed by atoms with Crippen LogP contribution in [0.2, 0.25) is 0 Å². The molecule has 0 unspecified atom stereocenters. The summed E-state index contributed by atoms with van der Waals surface area (Å²) >= 11 is 0. The summed E-state index contributed by atoms with van der Waals surface area (Å²) in [6.07, 6.45) is 0. The zero-order chi connectivity index (χ0) is 23.0. The van der Waals surface area contributed by atoms with E-state index in [1.54, 1.807) is 25.3 Å². The Morgan fingerprint density at radius 2 is 1.53 bits per heavy atom. The number of aryl methyl sites for hydroxylation is 2. The molecule has 7 nitrogen and oxygen atoms in total. The molecule has 0 spiro atoms. The Morgan fingerprint density at radius 1 is 0.812 bits per heavy atom. The number of hydrogen-bond donors (Lipinski definition) is 0. The number of carbonyl (C=O) groups excluding carboxylic acids is 2. The maximum atomic E-state index is 13.8. The smallest absolute Gasteiger partial charge is 0.282 e. The Bertz CT molecular complexity index is 1100. The molecule has 0 radical (unpaired) electrons. The topological polar surface area (TPSA) is 62.3 Å². The van der Waals surface area contributed by atoms with E-state index in [9.17, 15) is 9.59 Å². The van der Waals surface area contributed by atoms with Crippen LogP contribution in [0, 0.1) is 13.8 Å². The van der Waals surface area contributed by atoms with Gasteiger partial charge in [0.2, 0.25) is 0 Å². The van der Waals surface area contributed by atoms with Crippen LogP contribution < -0.4 is 14.4 Å². The fourth-order valence-electron chi connectivity index (χ4n) is 4.19. The van der Waals surface area contributed by atoms with Gasteiger partial charge in [-0.1, -0.05) is 18.2 Å². The van der Waals surface area contributed by atoms with Crippen LogP contribution in [0.5, 0.6) is 11.5 Å². The maximum absolute atomic E-state index is 13.8. The van der Waals surface area contributed by atoms with Gasteiger partial charge in [0.25, 0.3) is 11.8 Å². The van der Waals surface area contributed by atoms with Crippen LogP contribution in [0.3, 0.4) is 0 Å². The standard InChI is InChI=1S/C25H29N3O4/c1-16-6-7-18(14-17(16)2)22-23(27-12-10-26(3)11-13-27)25(30)28(24(22)29)20-15-19(31-4)8-9-21(20)32-5/h6-9,14-15H,10-13H2,1-5H3. The molecule has 168 valence electrons. The predicted molar refractivity (Wildman–Crippen MR) is 124 cm³/mol. The summed E-state index contributed by atoms with van der Waals surface area (Å²) in [4.78, 5) is 33.1. The largest absolute Gasteiger partial charge is 0.497 e. The van der Waals surface area contributed by atoms with Crippen LogP contribution in [-0.2, 0) is 9.59 Å². The predicted octanol–water partition coefficient (Wildman–Crippen LogP) is 2.85. The number of hydrogen-bond acceptors (Lipinski definition) is 6. The number of nitrogens with zero attached hydrogens (tertiary/aromatic N) is 3. The number of anilines is 1. The molecule has 0 aliphatic carbocycles. The molecular formula is C25H29N3O4. The van der Waals surface area contributed by atoms with Gasteiger partial charge in [0.1, 0.15) is 17.2 Å². The molecule has 1 saturated heterocycles. The lowest BCUT2D eigenvalue weighted by Gasteiger charge is -2.34. The van der Waals surface area contributed by atoms with Gasteiger partial charge < -0.3 is 19.3 Å². The van der Waals surface area contributed by atoms with Crippen molar-refractivity contribution in [1.82, 2.24) is 9.80 Å². The third-order valence-corrected chi connectivity index (χ3v) is 6.30. The Hall–Kier alpha value is -3.32. The summed E-state index contributed by atoms with van der Waals surface area (Å²) in [6.45, 7) is 7.06. The van der Waals surface area contributed by atoms with Crippen molar-refractivity contribution in [2.75, 3.05) is 52.3 Å². The van der Waals surface area contributed by atoms with Crippen molar-refractivity contribution < 1.29 is 19.1 Å². The molecule has 2 aromatic rings. The molecule has 7 heteroatoms. The number of piperazine rings is 1. The Labute approximate surface area is 188 Å². The van der Waals surface area contributed by atoms with Gasteiger partial charge >= 0.3 is 0 Å². The maximum Gasteiger partial charge on any atom is 0.282 e. The molecular weight excluding hydrogens is 406 g/mol. The number of imide groups is 1. The van der Waals surface area contributed by atoms with E-state index in [2.05, 4.69) is 11.9 Å². The number of carbonyl (C=O) groups is 2. The molecule has 0 bridgehead atoms. The highest BCUT2D eigenvalue weighted by atomic mass is 16.5. The molecule has 0 N–H and O–H groups in total. The first-order chi connectivity index (χ1) is 15.3. The van der Waals surface area contributed by atoms with Crippen LogP contribution in [-0.4, -0.2) is 69.1 Å². The number of ether oxygens (including phenoxy) is 2. The van der Waals surface area contributed by atoms with Gasteiger partial charge in [0.15, 0.2) is 0 Å². The minimum absolute atomic E-state index is 0.334. The molecule has 0 saturated carbocycles. The van der Waals surface area contributed by atoms with Crippen LogP contribution >= 0.6 is 0 Å². The highest BCUT2D eigenvalue weighted by Crippen LogP contribution is 2.40. The van der Waals surface area contributed by atoms with E-state index in [0.29, 0.717) is 41.5 Å². The molecule has 2 aliphatic heterocycles. The van der Waals surface area contributed by atoms with Gasteiger partial charge in [0, 0.05) is 32.2 Å². The van der Waals surface area contributed by atoms with Crippen molar-refractivity contribution >= 4 is 23.1 Å². The van der Waals surface area contributed by atoms with Crippen LogP contribution in [0.1, 0.15) is 16.7 Å². The number of rotatable bonds is 5. The summed E-state index contributed by atoms with van der Waals surface area (Å²) in [5.74, 6) is 0.298. The molecule has 32 heavy (non-hydrogen) atoms. The summed E-state index contributed by atoms with van der Waals surface area (Å²) in [6, 6.07) is 11.0. The highest BCUT2D eigenvalue weighted by molar-refractivity contribution is 6.45. The first kappa shape index (κ1) is 21.9. The summed E-state index contributed by atoms with van der Waals surface area (Å²) in [7, 11) is 5.13. The Kier molecular flexibility index (Phi) is 5.93. The second-order valence-electron chi connectivity index (χ2n) is 8.30. The molecule has 2 aliphatic rings. The molecule has 2 heterocycles. The van der Waals surface area contributed by atoms with E-state index in [4.69, 9.17) is 9.47 Å². The lowest BCUT2D eigenvalue weighted by Crippen LogP contribution is -2.46. The summed E-state index contributed by atoms with van der Waals surface area (Å²) in [5, 5.41) is 0. The third kappa shape index (κ3) is 3.73. The average Bonchev–Trinajstić information content (AvgIpc) is 3.05. The molecule has 4 rings (SSSR count). The zero-order valence-corrected chi connectivity index (χ0v) is 19.3. The van der Waals surface area contributed by atoms with Crippen LogP contribution in [0.4, 0.5) is 5.69 Å². The fourth-order valence-corrected chi connectivity index (χ4v) is 4.19. The molecule has 1 fully saturated rings. The Morgan fingerprint density at radius 3 is 2.16 bits per heavy atom. The van der Waals surface area contributed by atoms with Gasteiger partial charge in [-0.05, 0) is 49.7 Å². The van der Waals surface area contributed by atoms with Crippen molar-refractivity contribution in [3.05, 3.63) is 58.8 Å². The first-order valence-corrected chi connectivity index (χ1v) is 10.7. The van der Waals surface area contributed by atoms with Gasteiger partial charge in [0.05, 0.1) is 25.5 Å². The fraction of sp³-hybridized carbons (Fsp3) is 0.360. The van der Waals surface area contributed by atoms with E-state index in [0.717, 1.165) is 29.8 Å². The van der Waals surface area contributed by atoms with E-state index in [1.807, 2.05) is 36.9 Å². The number of benzene rings is 2. The van der Waals surface area contributed by atoms with Crippen molar-refractivity contribution in [2.24, 2.45) is 0 Å². The zero-order valence-electron chi connectivity index (χ0n) is 19.3. The second-order valence-corrected chi connectivity index (χ2v) is 8.30. The number of methoxy groups -OCH3 is 2. The van der Waals surface area contributed by atoms with Crippen molar-refractivity contribution in [1.29, 1.82) is 0 Å². The lowest BCUT2D eigenvalue weighted by atomic mass is 9.99. The quantitative estimate of drug-likeness (QED) is 0.673. The van der Waals surface area contributed by atoms with Crippen molar-refractivity contribution in [3.63, 3.8) is 0 Å². The lowest BCUT2D eigenvalue weighted by molar-refractivity contribution is -0.120. The van der Waals surface area contributed by atoms with Gasteiger partial charge in [-0.15, -0.1) is 0 Å². The molecule has 2 aromatic carbocycles. The van der Waals surface area contributed by atoms with Crippen molar-refractivity contribution in [2.45, 2.75) is 13.8 Å². The van der Waals surface area contributed by atoms with Gasteiger partial charge in [-0.3, -0.25) is 9.59 Å². The molecule has 2 amide bonds. The van der Waals surface area contributed by atoms with Crippen LogP contribution in [0.25, 0.3) is 5.57 Å². The minimum Gasteiger partial charge on any atom is -0.497 e. The van der Waals surface area contributed by atoms with E-state index < -0.39 is 0 Å². The van der Waals surface area contributed by atoms with Gasteiger partial charge in [-0.25, -0.2) is 4.90 Å². The normalized spacial score (nSPS) is 17.4. The highest BCUT2D eigenvalue weighted by Gasteiger charge is 2.44. The van der Waals surface area contributed by atoms with Crippen LogP contribution in [0.15, 0.2) is 42.1 Å². The minimum atomic E-state index is -0.348. The van der Waals surface area contributed by atoms with Crippen molar-refractivity contribution in [3.8, 4) is 11.5 Å². The molecule has 0 aromatic heterocycles.